The lowest BCUT2D eigenvalue weighted by atomic mass is 10.2. The van der Waals surface area contributed by atoms with Crippen molar-refractivity contribution in [3.63, 3.8) is 0 Å². The van der Waals surface area contributed by atoms with Crippen LogP contribution < -0.4 is 4.90 Å². The molecule has 1 nitrogen and oxygen atoms in total. The van der Waals surface area contributed by atoms with Gasteiger partial charge in [-0.3, -0.25) is 0 Å². The molecule has 0 aliphatic heterocycles. The summed E-state index contributed by atoms with van der Waals surface area (Å²) >= 11 is 0. The first kappa shape index (κ1) is 13.6. The minimum Gasteiger partial charge on any atom is -0.351 e. The first-order valence-corrected chi connectivity index (χ1v) is 5.52. The molecule has 0 saturated heterocycles. The molecule has 0 bridgehead atoms. The van der Waals surface area contributed by atoms with Crippen molar-refractivity contribution in [2.75, 3.05) is 11.9 Å². The van der Waals surface area contributed by atoms with Crippen molar-refractivity contribution in [2.24, 2.45) is 0 Å². The highest BCUT2D eigenvalue weighted by Crippen LogP contribution is 2.30. The van der Waals surface area contributed by atoms with Crippen molar-refractivity contribution >= 4 is 5.69 Å². The smallest absolute Gasteiger partial charge is 0.351 e. The fourth-order valence-corrected chi connectivity index (χ4v) is 1.37. The van der Waals surface area contributed by atoms with Crippen molar-refractivity contribution in [3.8, 4) is 0 Å². The number of hydrogen-bond donors (Lipinski definition) is 0. The van der Waals surface area contributed by atoms with E-state index in [0.717, 1.165) is 30.7 Å². The third-order valence-corrected chi connectivity index (χ3v) is 2.39. The predicted molar refractivity (Wildman–Crippen MR) is 63.9 cm³/mol. The van der Waals surface area contributed by atoms with Gasteiger partial charge in [0.15, 0.2) is 0 Å². The lowest BCUT2D eigenvalue weighted by Gasteiger charge is -2.15. The van der Waals surface area contributed by atoms with Gasteiger partial charge in [-0.1, -0.05) is 19.4 Å². The SMILES string of the molecule is CCC/C=C/N(C)c1ccc(C(F)(F)F)cc1. The van der Waals surface area contributed by atoms with Crippen LogP contribution in [0.1, 0.15) is 25.3 Å². The zero-order valence-electron chi connectivity index (χ0n) is 9.96. The van der Waals surface area contributed by atoms with Gasteiger partial charge in [0.2, 0.25) is 0 Å². The van der Waals surface area contributed by atoms with E-state index in [0.29, 0.717) is 0 Å². The van der Waals surface area contributed by atoms with Gasteiger partial charge in [-0.15, -0.1) is 0 Å². The molecule has 1 rings (SSSR count). The summed E-state index contributed by atoms with van der Waals surface area (Å²) in [6, 6.07) is 5.14. The third kappa shape index (κ3) is 4.13. The van der Waals surface area contributed by atoms with E-state index in [2.05, 4.69) is 6.92 Å². The van der Waals surface area contributed by atoms with Gasteiger partial charge in [-0.05, 0) is 36.9 Å². The van der Waals surface area contributed by atoms with E-state index in [9.17, 15) is 13.2 Å². The summed E-state index contributed by atoms with van der Waals surface area (Å²) in [5.74, 6) is 0. The summed E-state index contributed by atoms with van der Waals surface area (Å²) in [5.41, 5.74) is 0.123. The molecule has 1 aromatic rings. The maximum Gasteiger partial charge on any atom is 0.416 e. The van der Waals surface area contributed by atoms with Gasteiger partial charge < -0.3 is 4.90 Å². The Labute approximate surface area is 99.6 Å². The average Bonchev–Trinajstić information content (AvgIpc) is 2.28. The minimum absolute atomic E-state index is 0.618. The number of alkyl halides is 3. The molecule has 0 aromatic heterocycles. The van der Waals surface area contributed by atoms with Crippen LogP contribution in [0.15, 0.2) is 36.5 Å². The van der Waals surface area contributed by atoms with E-state index in [1.807, 2.05) is 19.3 Å². The van der Waals surface area contributed by atoms with Gasteiger partial charge in [-0.2, -0.15) is 13.2 Å². The number of unbranched alkanes of at least 4 members (excludes halogenated alkanes) is 1. The lowest BCUT2D eigenvalue weighted by molar-refractivity contribution is -0.137. The van der Waals surface area contributed by atoms with Crippen molar-refractivity contribution in [1.82, 2.24) is 0 Å². The van der Waals surface area contributed by atoms with E-state index in [-0.39, 0.29) is 0 Å². The average molecular weight is 243 g/mol. The standard InChI is InChI=1S/C13H16F3N/c1-3-4-5-10-17(2)12-8-6-11(7-9-12)13(14,15)16/h5-10H,3-4H2,1-2H3/b10-5+. The van der Waals surface area contributed by atoms with Crippen LogP contribution >= 0.6 is 0 Å². The molecule has 1 aromatic carbocycles. The molecule has 94 valence electrons. The molecule has 17 heavy (non-hydrogen) atoms. The van der Waals surface area contributed by atoms with E-state index in [1.165, 1.54) is 12.1 Å². The number of benzene rings is 1. The highest BCUT2D eigenvalue weighted by Gasteiger charge is 2.29. The second-order valence-corrected chi connectivity index (χ2v) is 3.83. The summed E-state index contributed by atoms with van der Waals surface area (Å²) in [6.07, 6.45) is 1.61. The third-order valence-electron chi connectivity index (χ3n) is 2.39. The Morgan fingerprint density at radius 3 is 2.24 bits per heavy atom. The van der Waals surface area contributed by atoms with E-state index < -0.39 is 11.7 Å². The van der Waals surface area contributed by atoms with E-state index >= 15 is 0 Å². The van der Waals surface area contributed by atoms with Crippen LogP contribution in [0.5, 0.6) is 0 Å². The fraction of sp³-hybridized carbons (Fsp3) is 0.385. The molecule has 0 saturated carbocycles. The Hall–Kier alpha value is -1.45. The van der Waals surface area contributed by atoms with Gasteiger partial charge in [0.05, 0.1) is 5.56 Å². The Morgan fingerprint density at radius 2 is 1.76 bits per heavy atom. The molecular weight excluding hydrogens is 227 g/mol. The van der Waals surface area contributed by atoms with Crippen molar-refractivity contribution in [3.05, 3.63) is 42.1 Å². The summed E-state index contributed by atoms with van der Waals surface area (Å²) in [6.45, 7) is 2.07. The Balaban J connectivity index is 2.74. The van der Waals surface area contributed by atoms with Crippen LogP contribution in [0, 0.1) is 0 Å². The predicted octanol–water partition coefficient (Wildman–Crippen LogP) is 4.46. The van der Waals surface area contributed by atoms with Gasteiger partial charge in [0, 0.05) is 12.7 Å². The van der Waals surface area contributed by atoms with Crippen LogP contribution in [0.2, 0.25) is 0 Å². The monoisotopic (exact) mass is 243 g/mol. The number of nitrogens with zero attached hydrogens (tertiary/aromatic N) is 1. The zero-order chi connectivity index (χ0) is 12.9. The lowest BCUT2D eigenvalue weighted by Crippen LogP contribution is -2.09. The first-order chi connectivity index (χ1) is 7.95. The number of rotatable bonds is 4. The zero-order valence-corrected chi connectivity index (χ0v) is 9.96. The summed E-state index contributed by atoms with van der Waals surface area (Å²) < 4.78 is 37.0. The Kier molecular flexibility index (Phi) is 4.61. The Morgan fingerprint density at radius 1 is 1.18 bits per heavy atom. The Bertz CT molecular complexity index is 365. The second kappa shape index (κ2) is 5.75. The quantitative estimate of drug-likeness (QED) is 0.754. The number of halogens is 3. The molecule has 0 N–H and O–H groups in total. The van der Waals surface area contributed by atoms with Crippen LogP contribution in [-0.2, 0) is 6.18 Å². The van der Waals surface area contributed by atoms with Crippen molar-refractivity contribution in [1.29, 1.82) is 0 Å². The van der Waals surface area contributed by atoms with E-state index in [1.54, 1.807) is 4.90 Å². The normalized spacial score (nSPS) is 12.1. The van der Waals surface area contributed by atoms with Gasteiger partial charge in [0.1, 0.15) is 0 Å². The van der Waals surface area contributed by atoms with Gasteiger partial charge in [0.25, 0.3) is 0 Å². The van der Waals surface area contributed by atoms with Gasteiger partial charge in [-0.25, -0.2) is 0 Å². The molecule has 0 heterocycles. The molecule has 0 spiro atoms. The molecule has 4 heteroatoms. The maximum absolute atomic E-state index is 12.3. The molecule has 0 unspecified atom stereocenters. The molecule has 0 aliphatic carbocycles. The first-order valence-electron chi connectivity index (χ1n) is 5.52. The van der Waals surface area contributed by atoms with Gasteiger partial charge >= 0.3 is 6.18 Å². The van der Waals surface area contributed by atoms with Crippen LogP contribution in [0.4, 0.5) is 18.9 Å². The fourth-order valence-electron chi connectivity index (χ4n) is 1.37. The maximum atomic E-state index is 12.3. The highest BCUT2D eigenvalue weighted by molar-refractivity contribution is 5.49. The molecule has 0 atom stereocenters. The molecular formula is C13H16F3N. The van der Waals surface area contributed by atoms with Crippen LogP contribution in [0.3, 0.4) is 0 Å². The van der Waals surface area contributed by atoms with Crippen molar-refractivity contribution in [2.45, 2.75) is 25.9 Å². The topological polar surface area (TPSA) is 3.24 Å². The molecule has 0 aliphatic rings. The van der Waals surface area contributed by atoms with E-state index in [4.69, 9.17) is 0 Å². The number of anilines is 1. The summed E-state index contributed by atoms with van der Waals surface area (Å²) in [4.78, 5) is 1.80. The molecule has 0 amide bonds. The molecule has 0 radical (unpaired) electrons. The summed E-state index contributed by atoms with van der Waals surface area (Å²) in [7, 11) is 1.81. The largest absolute Gasteiger partial charge is 0.416 e. The number of hydrogen-bond acceptors (Lipinski definition) is 1. The highest BCUT2D eigenvalue weighted by atomic mass is 19.4. The number of allylic oxidation sites excluding steroid dienone is 1. The molecule has 0 fully saturated rings. The second-order valence-electron chi connectivity index (χ2n) is 3.83. The van der Waals surface area contributed by atoms with Crippen LogP contribution in [0.25, 0.3) is 0 Å². The summed E-state index contributed by atoms with van der Waals surface area (Å²) in [5, 5.41) is 0. The van der Waals surface area contributed by atoms with Crippen LogP contribution in [-0.4, -0.2) is 7.05 Å². The minimum atomic E-state index is -4.27. The van der Waals surface area contributed by atoms with Crippen molar-refractivity contribution < 1.29 is 13.2 Å².